The van der Waals surface area contributed by atoms with Crippen molar-refractivity contribution in [1.29, 1.82) is 0 Å². The normalized spacial score (nSPS) is 15.8. The highest BCUT2D eigenvalue weighted by atomic mass is 32.1. The molecule has 0 atom stereocenters. The summed E-state index contributed by atoms with van der Waals surface area (Å²) in [5, 5.41) is 0.780. The molecule has 0 saturated carbocycles. The number of nitrogens with two attached hydrogens (primary N) is 2. The van der Waals surface area contributed by atoms with Crippen LogP contribution < -0.4 is 11.5 Å². The monoisotopic (exact) mass is 167 g/mol. The first-order valence-electron chi connectivity index (χ1n) is 3.47. The Morgan fingerprint density at radius 1 is 1.36 bits per heavy atom. The zero-order valence-corrected chi connectivity index (χ0v) is 6.82. The van der Waals surface area contributed by atoms with Crippen LogP contribution in [0.25, 0.3) is 6.08 Å². The second-order valence-electron chi connectivity index (χ2n) is 2.63. The highest BCUT2D eigenvalue weighted by Gasteiger charge is 2.13. The summed E-state index contributed by atoms with van der Waals surface area (Å²) in [6.07, 6.45) is 3.78. The van der Waals surface area contributed by atoms with Crippen LogP contribution in [0, 0.1) is 0 Å². The molecule has 1 heterocycles. The fourth-order valence-electron chi connectivity index (χ4n) is 1.20. The summed E-state index contributed by atoms with van der Waals surface area (Å²) < 4.78 is 4.21. The number of allylic oxidation sites excluding steroid dienone is 1. The molecular formula is C7H9N3S. The van der Waals surface area contributed by atoms with E-state index in [0.717, 1.165) is 34.8 Å². The maximum atomic E-state index is 5.68. The number of aromatic nitrogens is 1. The van der Waals surface area contributed by atoms with Crippen molar-refractivity contribution in [1.82, 2.24) is 4.37 Å². The van der Waals surface area contributed by atoms with E-state index in [1.54, 1.807) is 0 Å². The second kappa shape index (κ2) is 2.23. The van der Waals surface area contributed by atoms with Crippen LogP contribution in [0.4, 0.5) is 5.00 Å². The molecule has 0 bridgehead atoms. The van der Waals surface area contributed by atoms with E-state index in [1.165, 1.54) is 11.5 Å². The maximum absolute atomic E-state index is 5.68. The van der Waals surface area contributed by atoms with Crippen molar-refractivity contribution in [2.24, 2.45) is 5.73 Å². The highest BCUT2D eigenvalue weighted by Crippen LogP contribution is 2.28. The predicted octanol–water partition coefficient (Wildman–Crippen LogP) is 0.971. The molecule has 11 heavy (non-hydrogen) atoms. The molecule has 0 fully saturated rings. The number of nitrogen functional groups attached to an aromatic ring is 1. The van der Waals surface area contributed by atoms with E-state index < -0.39 is 0 Å². The fraction of sp³-hybridized carbons (Fsp3) is 0.286. The first-order chi connectivity index (χ1) is 5.27. The molecule has 0 unspecified atom stereocenters. The van der Waals surface area contributed by atoms with Gasteiger partial charge in [-0.25, -0.2) is 0 Å². The highest BCUT2D eigenvalue weighted by molar-refractivity contribution is 7.10. The van der Waals surface area contributed by atoms with Crippen LogP contribution in [0.2, 0.25) is 0 Å². The second-order valence-corrected chi connectivity index (χ2v) is 3.43. The zero-order chi connectivity index (χ0) is 7.84. The molecule has 58 valence electrons. The number of hydrogen-bond acceptors (Lipinski definition) is 4. The van der Waals surface area contributed by atoms with Crippen molar-refractivity contribution in [3.8, 4) is 0 Å². The molecule has 0 aromatic carbocycles. The van der Waals surface area contributed by atoms with Crippen LogP contribution in [0.15, 0.2) is 5.70 Å². The number of nitrogens with zero attached hydrogens (tertiary/aromatic N) is 1. The van der Waals surface area contributed by atoms with Crippen LogP contribution in [-0.4, -0.2) is 4.37 Å². The summed E-state index contributed by atoms with van der Waals surface area (Å²) in [5.41, 5.74) is 14.4. The van der Waals surface area contributed by atoms with Gasteiger partial charge in [-0.15, -0.1) is 0 Å². The van der Waals surface area contributed by atoms with Gasteiger partial charge in [0.2, 0.25) is 0 Å². The van der Waals surface area contributed by atoms with E-state index in [9.17, 15) is 0 Å². The van der Waals surface area contributed by atoms with E-state index in [2.05, 4.69) is 4.37 Å². The molecule has 0 spiro atoms. The lowest BCUT2D eigenvalue weighted by Crippen LogP contribution is -2.05. The lowest BCUT2D eigenvalue weighted by molar-refractivity contribution is 0.893. The first kappa shape index (κ1) is 6.67. The molecule has 4 heteroatoms. The third-order valence-corrected chi connectivity index (χ3v) is 2.54. The van der Waals surface area contributed by atoms with Gasteiger partial charge in [-0.05, 0) is 30.5 Å². The van der Waals surface area contributed by atoms with Crippen molar-refractivity contribution >= 4 is 22.6 Å². The maximum Gasteiger partial charge on any atom is 0.114 e. The molecule has 0 saturated heterocycles. The summed E-state index contributed by atoms with van der Waals surface area (Å²) in [6.45, 7) is 0. The summed E-state index contributed by atoms with van der Waals surface area (Å²) >= 11 is 1.35. The predicted molar refractivity (Wildman–Crippen MR) is 47.0 cm³/mol. The molecule has 1 aromatic heterocycles. The van der Waals surface area contributed by atoms with Crippen LogP contribution in [0.3, 0.4) is 0 Å². The van der Waals surface area contributed by atoms with Gasteiger partial charge in [-0.2, -0.15) is 4.37 Å². The average molecular weight is 167 g/mol. The summed E-state index contributed by atoms with van der Waals surface area (Å²) in [7, 11) is 0. The first-order valence-corrected chi connectivity index (χ1v) is 4.25. The van der Waals surface area contributed by atoms with Crippen molar-refractivity contribution < 1.29 is 0 Å². The van der Waals surface area contributed by atoms with Gasteiger partial charge in [0.1, 0.15) is 5.00 Å². The number of rotatable bonds is 0. The molecule has 4 N–H and O–H groups in total. The van der Waals surface area contributed by atoms with E-state index in [0.29, 0.717) is 0 Å². The number of aryl methyl sites for hydroxylation is 1. The molecule has 2 rings (SSSR count). The van der Waals surface area contributed by atoms with Gasteiger partial charge in [-0.1, -0.05) is 0 Å². The van der Waals surface area contributed by atoms with E-state index in [1.807, 2.05) is 6.08 Å². The number of fused-ring (bicyclic) bond motifs is 1. The van der Waals surface area contributed by atoms with Crippen LogP contribution >= 0.6 is 11.5 Å². The molecule has 1 aromatic rings. The van der Waals surface area contributed by atoms with E-state index in [-0.39, 0.29) is 0 Å². The Kier molecular flexibility index (Phi) is 1.35. The molecule has 0 aliphatic heterocycles. The van der Waals surface area contributed by atoms with Crippen molar-refractivity contribution in [3.05, 3.63) is 17.0 Å². The van der Waals surface area contributed by atoms with Gasteiger partial charge in [0, 0.05) is 11.3 Å². The topological polar surface area (TPSA) is 64.9 Å². The third-order valence-electron chi connectivity index (χ3n) is 1.81. The Morgan fingerprint density at radius 2 is 2.18 bits per heavy atom. The Hall–Kier alpha value is -1.03. The lowest BCUT2D eigenvalue weighted by atomic mass is 10.0. The minimum atomic E-state index is 0.780. The molecule has 3 nitrogen and oxygen atoms in total. The Morgan fingerprint density at radius 3 is 3.00 bits per heavy atom. The van der Waals surface area contributed by atoms with Gasteiger partial charge in [-0.3, -0.25) is 0 Å². The number of hydrogen-bond donors (Lipinski definition) is 2. The van der Waals surface area contributed by atoms with Gasteiger partial charge in [0.15, 0.2) is 0 Å². The number of anilines is 1. The van der Waals surface area contributed by atoms with Crippen LogP contribution in [-0.2, 0) is 6.42 Å². The van der Waals surface area contributed by atoms with E-state index >= 15 is 0 Å². The zero-order valence-electron chi connectivity index (χ0n) is 6.00. The smallest absolute Gasteiger partial charge is 0.114 e. The van der Waals surface area contributed by atoms with E-state index in [4.69, 9.17) is 11.5 Å². The average Bonchev–Trinajstić information content (AvgIpc) is 2.33. The van der Waals surface area contributed by atoms with Crippen LogP contribution in [0.5, 0.6) is 0 Å². The summed E-state index contributed by atoms with van der Waals surface area (Å²) in [4.78, 5) is 0. The van der Waals surface area contributed by atoms with Gasteiger partial charge in [0.05, 0.1) is 5.69 Å². The van der Waals surface area contributed by atoms with Crippen molar-refractivity contribution in [3.63, 3.8) is 0 Å². The minimum absolute atomic E-state index is 0.780. The van der Waals surface area contributed by atoms with Gasteiger partial charge >= 0.3 is 0 Å². The van der Waals surface area contributed by atoms with Crippen LogP contribution in [0.1, 0.15) is 17.7 Å². The Labute approximate surface area is 68.9 Å². The Bertz CT molecular complexity index is 313. The molecule has 1 aliphatic rings. The largest absolute Gasteiger partial charge is 0.402 e. The van der Waals surface area contributed by atoms with Gasteiger partial charge in [0.25, 0.3) is 0 Å². The molecule has 0 radical (unpaired) electrons. The minimum Gasteiger partial charge on any atom is -0.402 e. The third kappa shape index (κ3) is 0.991. The summed E-state index contributed by atoms with van der Waals surface area (Å²) in [5.74, 6) is 0. The van der Waals surface area contributed by atoms with Crippen molar-refractivity contribution in [2.75, 3.05) is 5.73 Å². The SMILES string of the molecule is NC1=Cc2c(nsc2N)CC1. The summed E-state index contributed by atoms with van der Waals surface area (Å²) in [6, 6.07) is 0. The van der Waals surface area contributed by atoms with Crippen molar-refractivity contribution in [2.45, 2.75) is 12.8 Å². The quantitative estimate of drug-likeness (QED) is 0.605. The molecule has 1 aliphatic carbocycles. The molecular weight excluding hydrogens is 158 g/mol. The lowest BCUT2D eigenvalue weighted by Gasteiger charge is -2.07. The fourth-order valence-corrected chi connectivity index (χ4v) is 1.87. The Balaban J connectivity index is 2.55. The standard InChI is InChI=1S/C7H9N3S/c8-4-1-2-6-5(3-4)7(9)11-10-6/h3H,1-2,8-9H2. The molecule has 0 amide bonds. The van der Waals surface area contributed by atoms with Gasteiger partial charge < -0.3 is 11.5 Å².